The van der Waals surface area contributed by atoms with Gasteiger partial charge >= 0.3 is 0 Å². The van der Waals surface area contributed by atoms with Gasteiger partial charge in [-0.3, -0.25) is 0 Å². The predicted octanol–water partition coefficient (Wildman–Crippen LogP) is 0.618. The summed E-state index contributed by atoms with van der Waals surface area (Å²) in [6, 6.07) is 6.94. The Labute approximate surface area is 118 Å². The number of rotatable bonds is 6. The highest BCUT2D eigenvalue weighted by Crippen LogP contribution is 2.15. The Hall–Kier alpha value is -1.70. The van der Waals surface area contributed by atoms with Crippen LogP contribution in [0, 0.1) is 0 Å². The van der Waals surface area contributed by atoms with Gasteiger partial charge in [-0.1, -0.05) is 18.2 Å². The van der Waals surface area contributed by atoms with Gasteiger partial charge in [-0.2, -0.15) is 0 Å². The molecule has 0 spiro atoms. The van der Waals surface area contributed by atoms with Gasteiger partial charge in [0.15, 0.2) is 0 Å². The average molecular weight is 294 g/mol. The standard InChI is InChI=1S/C13H18N4O2S/c1-14-9-11-5-3-4-6-12(11)20(18,19)16-10-13-15-7-8-17(13)2/h3-8,14,16H,9-10H2,1-2H3. The molecular weight excluding hydrogens is 276 g/mol. The van der Waals surface area contributed by atoms with E-state index in [0.29, 0.717) is 17.3 Å². The molecule has 0 radical (unpaired) electrons. The average Bonchev–Trinajstić information content (AvgIpc) is 2.83. The lowest BCUT2D eigenvalue weighted by molar-refractivity contribution is 0.575. The molecule has 0 saturated heterocycles. The second kappa shape index (κ2) is 6.17. The highest BCUT2D eigenvalue weighted by atomic mass is 32.2. The van der Waals surface area contributed by atoms with Crippen molar-refractivity contribution in [1.82, 2.24) is 19.6 Å². The van der Waals surface area contributed by atoms with Crippen LogP contribution in [-0.4, -0.2) is 25.0 Å². The highest BCUT2D eigenvalue weighted by Gasteiger charge is 2.18. The number of hydrogen-bond donors (Lipinski definition) is 2. The third-order valence-corrected chi connectivity index (χ3v) is 4.47. The van der Waals surface area contributed by atoms with Gasteiger partial charge < -0.3 is 9.88 Å². The maximum absolute atomic E-state index is 12.4. The molecule has 0 fully saturated rings. The van der Waals surface area contributed by atoms with E-state index in [1.807, 2.05) is 13.1 Å². The van der Waals surface area contributed by atoms with E-state index in [1.54, 1.807) is 42.2 Å². The van der Waals surface area contributed by atoms with Crippen molar-refractivity contribution in [3.8, 4) is 0 Å². The maximum atomic E-state index is 12.4. The first kappa shape index (κ1) is 14.7. The van der Waals surface area contributed by atoms with Gasteiger partial charge in [0.2, 0.25) is 10.0 Å². The largest absolute Gasteiger partial charge is 0.337 e. The van der Waals surface area contributed by atoms with Crippen molar-refractivity contribution >= 4 is 10.0 Å². The summed E-state index contributed by atoms with van der Waals surface area (Å²) in [7, 11) is 0.0581. The summed E-state index contributed by atoms with van der Waals surface area (Å²) in [6.45, 7) is 0.666. The maximum Gasteiger partial charge on any atom is 0.241 e. The number of nitrogens with zero attached hydrogens (tertiary/aromatic N) is 2. The first-order valence-corrected chi connectivity index (χ1v) is 7.71. The van der Waals surface area contributed by atoms with E-state index in [2.05, 4.69) is 15.0 Å². The molecule has 0 bridgehead atoms. The fourth-order valence-electron chi connectivity index (χ4n) is 1.91. The van der Waals surface area contributed by atoms with Gasteiger partial charge in [-0.05, 0) is 18.7 Å². The number of sulfonamides is 1. The Balaban J connectivity index is 2.20. The van der Waals surface area contributed by atoms with Crippen LogP contribution in [0.25, 0.3) is 0 Å². The van der Waals surface area contributed by atoms with E-state index in [9.17, 15) is 8.42 Å². The van der Waals surface area contributed by atoms with Gasteiger partial charge in [-0.25, -0.2) is 18.1 Å². The number of imidazole rings is 1. The second-order valence-electron chi connectivity index (χ2n) is 4.42. The predicted molar refractivity (Wildman–Crippen MR) is 76.4 cm³/mol. The fraction of sp³-hybridized carbons (Fsp3) is 0.308. The van der Waals surface area contributed by atoms with Crippen LogP contribution in [0.15, 0.2) is 41.6 Å². The molecule has 2 aromatic rings. The summed E-state index contributed by atoms with van der Waals surface area (Å²) in [5.74, 6) is 0.666. The minimum atomic E-state index is -3.55. The minimum absolute atomic E-state index is 0.166. The molecule has 108 valence electrons. The molecule has 0 saturated carbocycles. The third kappa shape index (κ3) is 3.24. The van der Waals surface area contributed by atoms with Gasteiger partial charge in [0.05, 0.1) is 11.4 Å². The topological polar surface area (TPSA) is 76.0 Å². The summed E-state index contributed by atoms with van der Waals surface area (Å²) in [5, 5.41) is 2.97. The van der Waals surface area contributed by atoms with Crippen LogP contribution >= 0.6 is 0 Å². The highest BCUT2D eigenvalue weighted by molar-refractivity contribution is 7.89. The van der Waals surface area contributed by atoms with E-state index in [4.69, 9.17) is 0 Å². The molecule has 1 aromatic carbocycles. The Morgan fingerprint density at radius 1 is 1.25 bits per heavy atom. The van der Waals surface area contributed by atoms with E-state index < -0.39 is 10.0 Å². The summed E-state index contributed by atoms with van der Waals surface area (Å²) in [4.78, 5) is 4.39. The van der Waals surface area contributed by atoms with Crippen molar-refractivity contribution in [2.45, 2.75) is 18.0 Å². The first-order valence-electron chi connectivity index (χ1n) is 6.23. The van der Waals surface area contributed by atoms with Crippen LogP contribution in [0.3, 0.4) is 0 Å². The Bertz CT molecular complexity index is 679. The van der Waals surface area contributed by atoms with Crippen molar-refractivity contribution in [1.29, 1.82) is 0 Å². The third-order valence-electron chi connectivity index (χ3n) is 2.97. The first-order chi connectivity index (χ1) is 9.54. The van der Waals surface area contributed by atoms with Crippen molar-refractivity contribution < 1.29 is 8.42 Å². The Morgan fingerprint density at radius 2 is 2.00 bits per heavy atom. The lowest BCUT2D eigenvalue weighted by Crippen LogP contribution is -2.26. The summed E-state index contributed by atoms with van der Waals surface area (Å²) in [6.07, 6.45) is 3.41. The zero-order chi connectivity index (χ0) is 14.6. The SMILES string of the molecule is CNCc1ccccc1S(=O)(=O)NCc1nccn1C. The van der Waals surface area contributed by atoms with Crippen molar-refractivity contribution in [2.75, 3.05) is 7.05 Å². The zero-order valence-corrected chi connectivity index (χ0v) is 12.3. The molecule has 2 rings (SSSR count). The van der Waals surface area contributed by atoms with Gasteiger partial charge in [0.1, 0.15) is 5.82 Å². The van der Waals surface area contributed by atoms with Crippen LogP contribution in [0.4, 0.5) is 0 Å². The molecule has 0 amide bonds. The fourth-order valence-corrected chi connectivity index (χ4v) is 3.12. The number of aromatic nitrogens is 2. The lowest BCUT2D eigenvalue weighted by Gasteiger charge is -2.11. The van der Waals surface area contributed by atoms with Crippen LogP contribution in [0.5, 0.6) is 0 Å². The molecule has 1 heterocycles. The Morgan fingerprint density at radius 3 is 2.65 bits per heavy atom. The molecule has 0 atom stereocenters. The molecule has 20 heavy (non-hydrogen) atoms. The molecule has 0 aliphatic carbocycles. The van der Waals surface area contributed by atoms with Crippen LogP contribution in [0.1, 0.15) is 11.4 Å². The van der Waals surface area contributed by atoms with E-state index in [-0.39, 0.29) is 6.54 Å². The quantitative estimate of drug-likeness (QED) is 0.819. The lowest BCUT2D eigenvalue weighted by atomic mass is 10.2. The zero-order valence-electron chi connectivity index (χ0n) is 11.5. The van der Waals surface area contributed by atoms with Crippen LogP contribution in [0.2, 0.25) is 0 Å². The minimum Gasteiger partial charge on any atom is -0.337 e. The van der Waals surface area contributed by atoms with Crippen molar-refractivity contribution in [2.24, 2.45) is 7.05 Å². The molecular formula is C13H18N4O2S. The Kier molecular flexibility index (Phi) is 4.53. The normalized spacial score (nSPS) is 11.7. The number of hydrogen-bond acceptors (Lipinski definition) is 4. The van der Waals surface area contributed by atoms with Gasteiger partial charge in [0.25, 0.3) is 0 Å². The van der Waals surface area contributed by atoms with Gasteiger partial charge in [0, 0.05) is 26.0 Å². The van der Waals surface area contributed by atoms with Crippen molar-refractivity contribution in [3.05, 3.63) is 48.0 Å². The monoisotopic (exact) mass is 294 g/mol. The van der Waals surface area contributed by atoms with E-state index in [0.717, 1.165) is 5.56 Å². The molecule has 6 nitrogen and oxygen atoms in total. The number of benzene rings is 1. The molecule has 0 aliphatic rings. The molecule has 2 N–H and O–H groups in total. The van der Waals surface area contributed by atoms with E-state index >= 15 is 0 Å². The van der Waals surface area contributed by atoms with Crippen LogP contribution < -0.4 is 10.0 Å². The number of aryl methyl sites for hydroxylation is 1. The summed E-state index contributed by atoms with van der Waals surface area (Å²) >= 11 is 0. The molecule has 0 aliphatic heterocycles. The summed E-state index contributed by atoms with van der Waals surface area (Å²) < 4.78 is 29.1. The second-order valence-corrected chi connectivity index (χ2v) is 6.15. The molecule has 7 heteroatoms. The molecule has 0 unspecified atom stereocenters. The summed E-state index contributed by atoms with van der Waals surface area (Å²) in [5.41, 5.74) is 0.738. The van der Waals surface area contributed by atoms with Crippen molar-refractivity contribution in [3.63, 3.8) is 0 Å². The smallest absolute Gasteiger partial charge is 0.241 e. The molecule has 1 aromatic heterocycles. The number of nitrogens with one attached hydrogen (secondary N) is 2. The van der Waals surface area contributed by atoms with E-state index in [1.165, 1.54) is 0 Å². The van der Waals surface area contributed by atoms with Crippen LogP contribution in [-0.2, 0) is 30.2 Å². The van der Waals surface area contributed by atoms with Gasteiger partial charge in [-0.15, -0.1) is 0 Å².